The number of rotatable bonds is 13. The molecule has 7 N–H and O–H groups in total. The van der Waals surface area contributed by atoms with E-state index in [4.69, 9.17) is 33.2 Å². The van der Waals surface area contributed by atoms with Gasteiger partial charge in [0.25, 0.3) is 0 Å². The van der Waals surface area contributed by atoms with Crippen LogP contribution in [0.3, 0.4) is 0 Å². The monoisotopic (exact) mass is 798 g/mol. The molecule has 0 bridgehead atoms. The summed E-state index contributed by atoms with van der Waals surface area (Å²) < 4.78 is 40.2. The summed E-state index contributed by atoms with van der Waals surface area (Å²) in [5, 5.41) is 74.7. The molecule has 2 aromatic rings. The van der Waals surface area contributed by atoms with Gasteiger partial charge in [0.15, 0.2) is 12.6 Å². The Morgan fingerprint density at radius 1 is 0.702 bits per heavy atom. The van der Waals surface area contributed by atoms with Crippen LogP contribution in [0, 0.1) is 11.8 Å². The molecule has 0 amide bonds. The van der Waals surface area contributed by atoms with Crippen molar-refractivity contribution in [2.75, 3.05) is 13.2 Å². The quantitative estimate of drug-likeness (QED) is 0.106. The average molecular weight is 799 g/mol. The minimum absolute atomic E-state index is 0.130. The Bertz CT molecular complexity index is 1780. The van der Waals surface area contributed by atoms with Crippen molar-refractivity contribution in [1.29, 1.82) is 0 Å². The van der Waals surface area contributed by atoms with E-state index in [2.05, 4.69) is 0 Å². The van der Waals surface area contributed by atoms with Gasteiger partial charge in [-0.3, -0.25) is 0 Å². The third-order valence-corrected chi connectivity index (χ3v) is 10.6. The number of carboxylic acids is 1. The van der Waals surface area contributed by atoms with Crippen molar-refractivity contribution in [1.82, 2.24) is 0 Å². The Morgan fingerprint density at radius 2 is 1.19 bits per heavy atom. The van der Waals surface area contributed by atoms with E-state index in [-0.39, 0.29) is 18.4 Å². The minimum atomic E-state index is -1.85. The Labute approximate surface area is 326 Å². The fourth-order valence-electron chi connectivity index (χ4n) is 7.41. The van der Waals surface area contributed by atoms with Crippen LogP contribution in [0.25, 0.3) is 12.2 Å². The Morgan fingerprint density at radius 3 is 1.70 bits per heavy atom. The van der Waals surface area contributed by atoms with Crippen LogP contribution in [-0.4, -0.2) is 140 Å². The number of carboxylic acid groups (broad SMARTS) is 1. The van der Waals surface area contributed by atoms with Gasteiger partial charge >= 0.3 is 17.9 Å². The summed E-state index contributed by atoms with van der Waals surface area (Å²) in [7, 11) is 0. The van der Waals surface area contributed by atoms with E-state index in [1.807, 2.05) is 12.1 Å². The van der Waals surface area contributed by atoms with Gasteiger partial charge in [0, 0.05) is 18.1 Å². The maximum Gasteiger partial charge on any atom is 0.334 e. The second kappa shape index (κ2) is 18.4. The highest BCUT2D eigenvalue weighted by Crippen LogP contribution is 2.52. The summed E-state index contributed by atoms with van der Waals surface area (Å²) in [6.07, 6.45) is -11.5. The van der Waals surface area contributed by atoms with E-state index in [9.17, 15) is 50.1 Å². The van der Waals surface area contributed by atoms with Gasteiger partial charge in [-0.2, -0.15) is 0 Å². The SMILES string of the molecule is CC1(OC2OC(COC(=O)C=Cc3ccccc3)C(O)C(O)C2O)CCC2C(C(=O)O)=COC(OC3OC(COC(=O)C=Cc4ccccc4)C(O)C(O)C3O)C21. The van der Waals surface area contributed by atoms with Gasteiger partial charge in [0.1, 0.15) is 62.0 Å². The first-order chi connectivity index (χ1) is 27.3. The fraction of sp³-hybridized carbons (Fsp3) is 0.475. The Hall–Kier alpha value is -4.53. The molecule has 1 aliphatic carbocycles. The van der Waals surface area contributed by atoms with Crippen LogP contribution in [0.5, 0.6) is 0 Å². The first-order valence-electron chi connectivity index (χ1n) is 18.4. The van der Waals surface area contributed by atoms with Crippen LogP contribution in [0.15, 0.2) is 84.7 Å². The zero-order valence-electron chi connectivity index (χ0n) is 30.7. The van der Waals surface area contributed by atoms with Crippen LogP contribution in [0.1, 0.15) is 30.9 Å². The number of aliphatic hydroxyl groups is 6. The number of hydrogen-bond donors (Lipinski definition) is 7. The summed E-state index contributed by atoms with van der Waals surface area (Å²) in [4.78, 5) is 37.1. The van der Waals surface area contributed by atoms with Crippen LogP contribution < -0.4 is 0 Å². The molecule has 57 heavy (non-hydrogen) atoms. The molecular formula is C40H46O17. The van der Waals surface area contributed by atoms with E-state index in [0.717, 1.165) is 17.4 Å². The molecule has 17 heteroatoms. The summed E-state index contributed by atoms with van der Waals surface area (Å²) in [6, 6.07) is 17.9. The van der Waals surface area contributed by atoms with Crippen molar-refractivity contribution >= 4 is 30.1 Å². The number of hydrogen-bond acceptors (Lipinski definition) is 16. The first kappa shape index (κ1) is 42.1. The van der Waals surface area contributed by atoms with Gasteiger partial charge < -0.3 is 68.9 Å². The fourth-order valence-corrected chi connectivity index (χ4v) is 7.41. The molecule has 14 atom stereocenters. The third kappa shape index (κ3) is 9.78. The molecule has 3 heterocycles. The predicted molar refractivity (Wildman–Crippen MR) is 194 cm³/mol. The number of carbonyl (C=O) groups is 3. The van der Waals surface area contributed by atoms with Crippen molar-refractivity contribution in [2.45, 2.75) is 93.1 Å². The molecular weight excluding hydrogens is 752 g/mol. The lowest BCUT2D eigenvalue weighted by molar-refractivity contribution is -0.362. The smallest absolute Gasteiger partial charge is 0.334 e. The van der Waals surface area contributed by atoms with E-state index < -0.39 is 116 Å². The lowest BCUT2D eigenvalue weighted by atomic mass is 9.81. The summed E-state index contributed by atoms with van der Waals surface area (Å²) in [5.41, 5.74) is -0.111. The number of ether oxygens (including phenoxy) is 7. The van der Waals surface area contributed by atoms with Crippen LogP contribution in [-0.2, 0) is 47.5 Å². The number of esters is 2. The number of aliphatic carboxylic acids is 1. The molecule has 1 saturated carbocycles. The van der Waals surface area contributed by atoms with Gasteiger partial charge in [0.2, 0.25) is 6.29 Å². The number of fused-ring (bicyclic) bond motifs is 1. The minimum Gasteiger partial charge on any atom is -0.478 e. The molecule has 3 fully saturated rings. The van der Waals surface area contributed by atoms with Crippen molar-refractivity contribution < 1.29 is 83.3 Å². The zero-order valence-corrected chi connectivity index (χ0v) is 30.7. The Balaban J connectivity index is 1.14. The molecule has 14 unspecified atom stereocenters. The molecule has 17 nitrogen and oxygen atoms in total. The van der Waals surface area contributed by atoms with Crippen LogP contribution >= 0.6 is 0 Å². The predicted octanol–water partition coefficient (Wildman–Crippen LogP) is 0.258. The topological polar surface area (TPSA) is 257 Å². The lowest BCUT2D eigenvalue weighted by Crippen LogP contribution is -2.62. The van der Waals surface area contributed by atoms with Crippen molar-refractivity contribution in [2.24, 2.45) is 11.8 Å². The second-order valence-corrected chi connectivity index (χ2v) is 14.4. The highest BCUT2D eigenvalue weighted by atomic mass is 16.8. The number of benzene rings is 2. The molecule has 3 aliphatic heterocycles. The molecule has 6 rings (SSSR count). The van der Waals surface area contributed by atoms with Crippen molar-refractivity contribution in [3.63, 3.8) is 0 Å². The summed E-state index contributed by atoms with van der Waals surface area (Å²) in [6.45, 7) is 0.493. The van der Waals surface area contributed by atoms with Crippen LogP contribution in [0.2, 0.25) is 0 Å². The van der Waals surface area contributed by atoms with E-state index in [1.165, 1.54) is 24.3 Å². The van der Waals surface area contributed by atoms with Gasteiger partial charge in [-0.15, -0.1) is 0 Å². The normalized spacial score (nSPS) is 36.6. The number of carbonyl (C=O) groups excluding carboxylic acids is 2. The first-order valence-corrected chi connectivity index (χ1v) is 18.4. The molecule has 308 valence electrons. The highest BCUT2D eigenvalue weighted by molar-refractivity contribution is 5.88. The summed E-state index contributed by atoms with van der Waals surface area (Å²) in [5.74, 6) is -4.65. The number of aliphatic hydroxyl groups excluding tert-OH is 6. The average Bonchev–Trinajstić information content (AvgIpc) is 3.56. The largest absolute Gasteiger partial charge is 0.478 e. The molecule has 2 saturated heterocycles. The highest BCUT2D eigenvalue weighted by Gasteiger charge is 2.59. The molecule has 0 spiro atoms. The molecule has 0 radical (unpaired) electrons. The standard InChI is InChI=1S/C40H46O17/c1-40(57-39-35(48)33(46)31(44)26(55-39)20-52-28(42)15-13-22-10-6-3-7-11-22)17-16-23-24(36(49)50)18-53-37(29(23)40)56-38-34(47)32(45)30(43)25(54-38)19-51-27(41)14-12-21-8-4-2-5-9-21/h2-15,18,23,25-26,29-35,37-39,43-48H,16-17,19-20H2,1H3,(H,49,50). The maximum absolute atomic E-state index is 12.4. The lowest BCUT2D eigenvalue weighted by Gasteiger charge is -2.47. The van der Waals surface area contributed by atoms with E-state index >= 15 is 0 Å². The molecule has 4 aliphatic rings. The Kier molecular flexibility index (Phi) is 13.6. The van der Waals surface area contributed by atoms with E-state index in [0.29, 0.717) is 0 Å². The summed E-state index contributed by atoms with van der Waals surface area (Å²) >= 11 is 0. The van der Waals surface area contributed by atoms with Crippen LogP contribution in [0.4, 0.5) is 0 Å². The van der Waals surface area contributed by atoms with Crippen molar-refractivity contribution in [3.8, 4) is 0 Å². The van der Waals surface area contributed by atoms with Crippen molar-refractivity contribution in [3.05, 3.63) is 95.8 Å². The molecule has 2 aromatic carbocycles. The third-order valence-electron chi connectivity index (χ3n) is 10.6. The molecule has 0 aromatic heterocycles. The maximum atomic E-state index is 12.4. The second-order valence-electron chi connectivity index (χ2n) is 14.4. The van der Waals surface area contributed by atoms with Gasteiger partial charge in [0.05, 0.1) is 23.4 Å². The van der Waals surface area contributed by atoms with E-state index in [1.54, 1.807) is 55.5 Å². The van der Waals surface area contributed by atoms with Gasteiger partial charge in [-0.1, -0.05) is 60.7 Å². The zero-order chi connectivity index (χ0) is 40.9. The van der Waals surface area contributed by atoms with Gasteiger partial charge in [-0.25, -0.2) is 14.4 Å². The van der Waals surface area contributed by atoms with Gasteiger partial charge in [-0.05, 0) is 43.0 Å².